The van der Waals surface area contributed by atoms with Gasteiger partial charge in [-0.3, -0.25) is 0 Å². The van der Waals surface area contributed by atoms with E-state index in [2.05, 4.69) is 20.4 Å². The topological polar surface area (TPSA) is 0 Å². The molecule has 1 aliphatic carbocycles. The molecule has 0 bridgehead atoms. The van der Waals surface area contributed by atoms with Crippen LogP contribution in [-0.2, 0) is 0 Å². The minimum atomic E-state index is 0.551. The van der Waals surface area contributed by atoms with Crippen LogP contribution in [0.4, 0.5) is 0 Å². The molecule has 0 atom stereocenters. The van der Waals surface area contributed by atoms with Crippen molar-refractivity contribution in [2.75, 3.05) is 0 Å². The summed E-state index contributed by atoms with van der Waals surface area (Å²) in [6.07, 6.45) is 5.24. The first-order valence-corrected chi connectivity index (χ1v) is 4.77. The van der Waals surface area contributed by atoms with Gasteiger partial charge in [0.2, 0.25) is 0 Å². The molecule has 1 fully saturated rings. The molecule has 0 aliphatic heterocycles. The molecule has 1 saturated carbocycles. The summed E-state index contributed by atoms with van der Waals surface area (Å²) in [6.45, 7) is 12.7. The van der Waals surface area contributed by atoms with Crippen LogP contribution in [0.1, 0.15) is 53.4 Å². The molecule has 11 heavy (non-hydrogen) atoms. The van der Waals surface area contributed by atoms with Crippen LogP contribution in [0.25, 0.3) is 0 Å². The predicted molar refractivity (Wildman–Crippen MR) is 52.7 cm³/mol. The Morgan fingerprint density at radius 3 is 2.09 bits per heavy atom. The highest BCUT2D eigenvalue weighted by Gasteiger charge is 2.22. The molecule has 0 aromatic rings. The molecule has 1 rings (SSSR count). The van der Waals surface area contributed by atoms with Crippen molar-refractivity contribution in [2.24, 2.45) is 5.41 Å². The van der Waals surface area contributed by atoms with Gasteiger partial charge in [-0.2, -0.15) is 0 Å². The van der Waals surface area contributed by atoms with Crippen molar-refractivity contribution >= 4 is 0 Å². The van der Waals surface area contributed by atoms with Crippen molar-refractivity contribution in [3.63, 3.8) is 0 Å². The first kappa shape index (κ1) is 10.7. The van der Waals surface area contributed by atoms with Gasteiger partial charge in [-0.1, -0.05) is 39.8 Å². The molecular formula is C11H22. The molecule has 0 heteroatoms. The van der Waals surface area contributed by atoms with Gasteiger partial charge in [0.05, 0.1) is 0 Å². The zero-order valence-corrected chi connectivity index (χ0v) is 8.54. The molecule has 0 aromatic heterocycles. The van der Waals surface area contributed by atoms with E-state index in [1.165, 1.54) is 31.3 Å². The van der Waals surface area contributed by atoms with Crippen LogP contribution in [0, 0.1) is 5.41 Å². The Morgan fingerprint density at radius 1 is 1.27 bits per heavy atom. The maximum Gasteiger partial charge on any atom is -0.0271 e. The average molecular weight is 154 g/mol. The fourth-order valence-corrected chi connectivity index (χ4v) is 1.67. The Kier molecular flexibility index (Phi) is 4.48. The van der Waals surface area contributed by atoms with Gasteiger partial charge in [0.25, 0.3) is 0 Å². The third-order valence-electron chi connectivity index (χ3n) is 2.11. The SMILES string of the molecule is C=C1CCCC(C)(C)C1.CC. The van der Waals surface area contributed by atoms with E-state index in [0.29, 0.717) is 5.41 Å². The highest BCUT2D eigenvalue weighted by Crippen LogP contribution is 2.36. The van der Waals surface area contributed by atoms with E-state index < -0.39 is 0 Å². The van der Waals surface area contributed by atoms with Crippen molar-refractivity contribution in [1.29, 1.82) is 0 Å². The summed E-state index contributed by atoms with van der Waals surface area (Å²) in [5, 5.41) is 0. The van der Waals surface area contributed by atoms with E-state index in [0.717, 1.165) is 0 Å². The third-order valence-corrected chi connectivity index (χ3v) is 2.11. The van der Waals surface area contributed by atoms with Crippen LogP contribution < -0.4 is 0 Å². The molecule has 0 saturated heterocycles. The van der Waals surface area contributed by atoms with E-state index in [1.54, 1.807) is 0 Å². The molecule has 0 spiro atoms. The van der Waals surface area contributed by atoms with Gasteiger partial charge in [0.1, 0.15) is 0 Å². The number of rotatable bonds is 0. The van der Waals surface area contributed by atoms with Crippen LogP contribution in [0.3, 0.4) is 0 Å². The van der Waals surface area contributed by atoms with Gasteiger partial charge in [-0.25, -0.2) is 0 Å². The zero-order valence-electron chi connectivity index (χ0n) is 8.54. The van der Waals surface area contributed by atoms with Gasteiger partial charge in [0, 0.05) is 0 Å². The normalized spacial score (nSPS) is 22.0. The smallest absolute Gasteiger partial charge is 0.0271 e. The summed E-state index contributed by atoms with van der Waals surface area (Å²) in [7, 11) is 0. The first-order chi connectivity index (χ1) is 5.10. The Morgan fingerprint density at radius 2 is 1.82 bits per heavy atom. The lowest BCUT2D eigenvalue weighted by atomic mass is 9.76. The standard InChI is InChI=1S/C9H16.C2H6/c1-8-5-4-6-9(2,3)7-8;1-2/h1,4-7H2,2-3H3;1-2H3. The van der Waals surface area contributed by atoms with Crippen molar-refractivity contribution in [3.8, 4) is 0 Å². The lowest BCUT2D eigenvalue weighted by Gasteiger charge is -2.30. The molecule has 0 aromatic carbocycles. The van der Waals surface area contributed by atoms with Crippen LogP contribution in [0.2, 0.25) is 0 Å². The van der Waals surface area contributed by atoms with Gasteiger partial charge in [-0.05, 0) is 31.1 Å². The van der Waals surface area contributed by atoms with Gasteiger partial charge in [-0.15, -0.1) is 0 Å². The molecule has 0 unspecified atom stereocenters. The largest absolute Gasteiger partial charge is 0.0998 e. The minimum Gasteiger partial charge on any atom is -0.0998 e. The summed E-state index contributed by atoms with van der Waals surface area (Å²) in [6, 6.07) is 0. The molecule has 0 amide bonds. The van der Waals surface area contributed by atoms with Gasteiger partial charge >= 0.3 is 0 Å². The minimum absolute atomic E-state index is 0.551. The number of hydrogen-bond donors (Lipinski definition) is 0. The second-order valence-corrected chi connectivity index (χ2v) is 3.94. The summed E-state index contributed by atoms with van der Waals surface area (Å²) in [5.41, 5.74) is 2.00. The van der Waals surface area contributed by atoms with Crippen molar-refractivity contribution in [2.45, 2.75) is 53.4 Å². The molecule has 0 N–H and O–H groups in total. The maximum absolute atomic E-state index is 4.01. The highest BCUT2D eigenvalue weighted by atomic mass is 14.3. The van der Waals surface area contributed by atoms with E-state index in [4.69, 9.17) is 0 Å². The number of allylic oxidation sites excluding steroid dienone is 1. The maximum atomic E-state index is 4.01. The highest BCUT2D eigenvalue weighted by molar-refractivity contribution is 5.01. The molecule has 0 heterocycles. The lowest BCUT2D eigenvalue weighted by molar-refractivity contribution is 0.290. The van der Waals surface area contributed by atoms with E-state index in [9.17, 15) is 0 Å². The first-order valence-electron chi connectivity index (χ1n) is 4.77. The zero-order chi connectivity index (χ0) is 8.91. The summed E-state index contributed by atoms with van der Waals surface area (Å²) in [4.78, 5) is 0. The summed E-state index contributed by atoms with van der Waals surface area (Å²) < 4.78 is 0. The molecule has 66 valence electrons. The second-order valence-electron chi connectivity index (χ2n) is 3.94. The Hall–Kier alpha value is -0.260. The summed E-state index contributed by atoms with van der Waals surface area (Å²) >= 11 is 0. The van der Waals surface area contributed by atoms with Crippen LogP contribution in [-0.4, -0.2) is 0 Å². The van der Waals surface area contributed by atoms with Crippen molar-refractivity contribution < 1.29 is 0 Å². The van der Waals surface area contributed by atoms with E-state index in [1.807, 2.05) is 13.8 Å². The monoisotopic (exact) mass is 154 g/mol. The lowest BCUT2D eigenvalue weighted by Crippen LogP contribution is -2.16. The molecular weight excluding hydrogens is 132 g/mol. The predicted octanol–water partition coefficient (Wildman–Crippen LogP) is 4.17. The molecule has 0 radical (unpaired) electrons. The van der Waals surface area contributed by atoms with Gasteiger partial charge < -0.3 is 0 Å². The fraction of sp³-hybridized carbons (Fsp3) is 0.818. The van der Waals surface area contributed by atoms with Crippen molar-refractivity contribution in [3.05, 3.63) is 12.2 Å². The molecule has 1 aliphatic rings. The number of hydrogen-bond acceptors (Lipinski definition) is 0. The quantitative estimate of drug-likeness (QED) is 0.459. The van der Waals surface area contributed by atoms with Crippen LogP contribution >= 0.6 is 0 Å². The van der Waals surface area contributed by atoms with E-state index >= 15 is 0 Å². The Balaban J connectivity index is 0.000000461. The average Bonchev–Trinajstić information content (AvgIpc) is 1.89. The second kappa shape index (κ2) is 4.58. The van der Waals surface area contributed by atoms with Crippen molar-refractivity contribution in [1.82, 2.24) is 0 Å². The molecule has 0 nitrogen and oxygen atoms in total. The fourth-order valence-electron chi connectivity index (χ4n) is 1.67. The Labute approximate surface area is 71.7 Å². The Bertz CT molecular complexity index is 120. The van der Waals surface area contributed by atoms with Crippen LogP contribution in [0.5, 0.6) is 0 Å². The third kappa shape index (κ3) is 4.23. The van der Waals surface area contributed by atoms with E-state index in [-0.39, 0.29) is 0 Å². The van der Waals surface area contributed by atoms with Crippen LogP contribution in [0.15, 0.2) is 12.2 Å². The van der Waals surface area contributed by atoms with Gasteiger partial charge in [0.15, 0.2) is 0 Å². The summed E-state index contributed by atoms with van der Waals surface area (Å²) in [5.74, 6) is 0.